The Morgan fingerprint density at radius 1 is 1.36 bits per heavy atom. The number of nitrogens with one attached hydrogen (secondary N) is 1. The summed E-state index contributed by atoms with van der Waals surface area (Å²) in [6, 6.07) is 1.18. The number of nitrogens with zero attached hydrogens (tertiary/aromatic N) is 1. The second-order valence-electron chi connectivity index (χ2n) is 5.42. The van der Waals surface area contributed by atoms with Gasteiger partial charge in [-0.25, -0.2) is 12.7 Å². The zero-order valence-electron chi connectivity index (χ0n) is 12.3. The average molecular weight is 346 g/mol. The molecule has 0 aromatic carbocycles. The maximum absolute atomic E-state index is 12.3. The normalized spacial score (nSPS) is 22.0. The SMILES string of the molecule is CN(C)S(=O)(=O)c1ccsc1C(=O)N[C@H]1CC[C@@H](C(=O)O)C1. The van der Waals surface area contributed by atoms with Crippen molar-refractivity contribution >= 4 is 33.2 Å². The third-order valence-corrected chi connectivity index (χ3v) is 6.61. The van der Waals surface area contributed by atoms with Crippen LogP contribution in [-0.2, 0) is 14.8 Å². The van der Waals surface area contributed by atoms with Crippen LogP contribution >= 0.6 is 11.3 Å². The molecule has 0 bridgehead atoms. The van der Waals surface area contributed by atoms with Gasteiger partial charge in [0.15, 0.2) is 0 Å². The Bertz CT molecular complexity index is 680. The van der Waals surface area contributed by atoms with E-state index >= 15 is 0 Å². The van der Waals surface area contributed by atoms with Crippen LogP contribution in [0, 0.1) is 5.92 Å². The summed E-state index contributed by atoms with van der Waals surface area (Å²) in [5.74, 6) is -1.77. The Balaban J connectivity index is 2.13. The monoisotopic (exact) mass is 346 g/mol. The van der Waals surface area contributed by atoms with Crippen molar-refractivity contribution in [3.05, 3.63) is 16.3 Å². The van der Waals surface area contributed by atoms with E-state index in [-0.39, 0.29) is 15.8 Å². The van der Waals surface area contributed by atoms with Crippen LogP contribution < -0.4 is 5.32 Å². The minimum Gasteiger partial charge on any atom is -0.481 e. The summed E-state index contributed by atoms with van der Waals surface area (Å²) in [6.07, 6.45) is 1.49. The van der Waals surface area contributed by atoms with E-state index in [9.17, 15) is 18.0 Å². The van der Waals surface area contributed by atoms with Gasteiger partial charge in [-0.1, -0.05) is 0 Å². The van der Waals surface area contributed by atoms with Crippen LogP contribution in [0.3, 0.4) is 0 Å². The molecule has 0 saturated heterocycles. The van der Waals surface area contributed by atoms with E-state index in [1.165, 1.54) is 20.2 Å². The Hall–Kier alpha value is -1.45. The molecule has 1 heterocycles. The van der Waals surface area contributed by atoms with Gasteiger partial charge in [-0.05, 0) is 30.7 Å². The highest BCUT2D eigenvalue weighted by Crippen LogP contribution is 2.28. The summed E-state index contributed by atoms with van der Waals surface area (Å²) < 4.78 is 25.4. The number of sulfonamides is 1. The largest absolute Gasteiger partial charge is 0.481 e. The van der Waals surface area contributed by atoms with Crippen molar-refractivity contribution in [1.29, 1.82) is 0 Å². The lowest BCUT2D eigenvalue weighted by molar-refractivity contribution is -0.141. The highest BCUT2D eigenvalue weighted by molar-refractivity contribution is 7.89. The van der Waals surface area contributed by atoms with Crippen LogP contribution in [-0.4, -0.2) is 49.8 Å². The van der Waals surface area contributed by atoms with E-state index in [1.807, 2.05) is 0 Å². The van der Waals surface area contributed by atoms with E-state index in [0.29, 0.717) is 19.3 Å². The van der Waals surface area contributed by atoms with Crippen LogP contribution in [0.25, 0.3) is 0 Å². The molecule has 22 heavy (non-hydrogen) atoms. The van der Waals surface area contributed by atoms with Crippen molar-refractivity contribution in [2.75, 3.05) is 14.1 Å². The molecule has 122 valence electrons. The number of aliphatic carboxylic acids is 1. The predicted octanol–water partition coefficient (Wildman–Crippen LogP) is 0.982. The Labute approximate surface area is 133 Å². The zero-order chi connectivity index (χ0) is 16.5. The number of carbonyl (C=O) groups excluding carboxylic acids is 1. The van der Waals surface area contributed by atoms with Crippen molar-refractivity contribution in [2.24, 2.45) is 5.92 Å². The molecule has 1 aromatic rings. The maximum Gasteiger partial charge on any atom is 0.306 e. The fourth-order valence-electron chi connectivity index (χ4n) is 2.45. The number of hydrogen-bond donors (Lipinski definition) is 2. The predicted molar refractivity (Wildman–Crippen MR) is 81.4 cm³/mol. The first-order valence-corrected chi connectivity index (χ1v) is 9.09. The van der Waals surface area contributed by atoms with Gasteiger partial charge in [0.2, 0.25) is 10.0 Å². The molecular weight excluding hydrogens is 328 g/mol. The van der Waals surface area contributed by atoms with E-state index in [4.69, 9.17) is 5.11 Å². The lowest BCUT2D eigenvalue weighted by Crippen LogP contribution is -2.34. The lowest BCUT2D eigenvalue weighted by Gasteiger charge is -2.14. The second-order valence-corrected chi connectivity index (χ2v) is 8.46. The van der Waals surface area contributed by atoms with E-state index in [0.717, 1.165) is 15.6 Å². The quantitative estimate of drug-likeness (QED) is 0.827. The van der Waals surface area contributed by atoms with Crippen molar-refractivity contribution in [3.8, 4) is 0 Å². The lowest BCUT2D eigenvalue weighted by atomic mass is 10.1. The Morgan fingerprint density at radius 2 is 2.05 bits per heavy atom. The van der Waals surface area contributed by atoms with Gasteiger partial charge < -0.3 is 10.4 Å². The van der Waals surface area contributed by atoms with Gasteiger partial charge in [0.05, 0.1) is 5.92 Å². The summed E-state index contributed by atoms with van der Waals surface area (Å²) in [7, 11) is -0.867. The first-order chi connectivity index (χ1) is 10.2. The Morgan fingerprint density at radius 3 is 2.59 bits per heavy atom. The summed E-state index contributed by atoms with van der Waals surface area (Å²) >= 11 is 1.06. The fraction of sp³-hybridized carbons (Fsp3) is 0.538. The molecule has 0 unspecified atom stereocenters. The molecule has 1 aliphatic carbocycles. The van der Waals surface area contributed by atoms with Crippen LogP contribution in [0.5, 0.6) is 0 Å². The van der Waals surface area contributed by atoms with Gasteiger partial charge in [-0.15, -0.1) is 11.3 Å². The van der Waals surface area contributed by atoms with Crippen LogP contribution in [0.2, 0.25) is 0 Å². The number of thiophene rings is 1. The first-order valence-electron chi connectivity index (χ1n) is 6.77. The standard InChI is InChI=1S/C13H18N2O5S2/c1-15(2)22(19,20)10-5-6-21-11(10)12(16)14-9-4-3-8(7-9)13(17)18/h5-6,8-9H,3-4,7H2,1-2H3,(H,14,16)(H,17,18)/t8-,9+/m1/s1. The zero-order valence-corrected chi connectivity index (χ0v) is 13.9. The maximum atomic E-state index is 12.3. The average Bonchev–Trinajstić information content (AvgIpc) is 3.06. The topological polar surface area (TPSA) is 104 Å². The highest BCUT2D eigenvalue weighted by atomic mass is 32.2. The molecular formula is C13H18N2O5S2. The summed E-state index contributed by atoms with van der Waals surface area (Å²) in [5, 5.41) is 13.3. The van der Waals surface area contributed by atoms with Gasteiger partial charge in [-0.3, -0.25) is 9.59 Å². The molecule has 9 heteroatoms. The molecule has 1 aromatic heterocycles. The molecule has 0 aliphatic heterocycles. The second kappa shape index (κ2) is 6.35. The van der Waals surface area contributed by atoms with Gasteiger partial charge in [0.1, 0.15) is 9.77 Å². The molecule has 2 rings (SSSR count). The number of hydrogen-bond acceptors (Lipinski definition) is 5. The highest BCUT2D eigenvalue weighted by Gasteiger charge is 2.32. The minimum atomic E-state index is -3.68. The molecule has 2 N–H and O–H groups in total. The van der Waals surface area contributed by atoms with Gasteiger partial charge in [-0.2, -0.15) is 0 Å². The summed E-state index contributed by atoms with van der Waals surface area (Å²) in [5.41, 5.74) is 0. The number of carbonyl (C=O) groups is 2. The number of rotatable bonds is 5. The number of carboxylic acid groups (broad SMARTS) is 1. The van der Waals surface area contributed by atoms with Crippen LogP contribution in [0.1, 0.15) is 28.9 Å². The number of amides is 1. The molecule has 1 saturated carbocycles. The van der Waals surface area contributed by atoms with Crippen LogP contribution in [0.15, 0.2) is 16.3 Å². The fourth-order valence-corrected chi connectivity index (χ4v) is 4.65. The first kappa shape index (κ1) is 16.9. The smallest absolute Gasteiger partial charge is 0.306 e. The van der Waals surface area contributed by atoms with Crippen molar-refractivity contribution in [1.82, 2.24) is 9.62 Å². The number of carboxylic acids is 1. The van der Waals surface area contributed by atoms with Gasteiger partial charge in [0.25, 0.3) is 5.91 Å². The minimum absolute atomic E-state index is 0.0206. The van der Waals surface area contributed by atoms with Crippen molar-refractivity contribution < 1.29 is 23.1 Å². The third-order valence-electron chi connectivity index (χ3n) is 3.71. The van der Waals surface area contributed by atoms with Gasteiger partial charge in [0, 0.05) is 20.1 Å². The third kappa shape index (κ3) is 3.31. The summed E-state index contributed by atoms with van der Waals surface area (Å²) in [4.78, 5) is 23.3. The van der Waals surface area contributed by atoms with E-state index in [1.54, 1.807) is 5.38 Å². The van der Waals surface area contributed by atoms with E-state index in [2.05, 4.69) is 5.32 Å². The molecule has 2 atom stereocenters. The van der Waals surface area contributed by atoms with E-state index < -0.39 is 27.8 Å². The molecule has 1 fully saturated rings. The van der Waals surface area contributed by atoms with Gasteiger partial charge >= 0.3 is 5.97 Å². The molecule has 0 radical (unpaired) electrons. The molecule has 0 spiro atoms. The Kier molecular flexibility index (Phi) is 4.88. The molecule has 1 amide bonds. The summed E-state index contributed by atoms with van der Waals surface area (Å²) in [6.45, 7) is 0. The molecule has 7 nitrogen and oxygen atoms in total. The van der Waals surface area contributed by atoms with Crippen molar-refractivity contribution in [3.63, 3.8) is 0 Å². The van der Waals surface area contributed by atoms with Crippen molar-refractivity contribution in [2.45, 2.75) is 30.2 Å². The van der Waals surface area contributed by atoms with Crippen LogP contribution in [0.4, 0.5) is 0 Å². The molecule has 1 aliphatic rings.